The zero-order valence-corrected chi connectivity index (χ0v) is 27.0. The number of halogens is 1. The van der Waals surface area contributed by atoms with E-state index in [1.165, 1.54) is 17.0 Å². The summed E-state index contributed by atoms with van der Waals surface area (Å²) in [5, 5.41) is 3.47. The van der Waals surface area contributed by atoms with Gasteiger partial charge in [0, 0.05) is 23.5 Å². The summed E-state index contributed by atoms with van der Waals surface area (Å²) in [6.07, 6.45) is 0.217. The van der Waals surface area contributed by atoms with Crippen molar-refractivity contribution in [1.82, 2.24) is 10.2 Å². The Morgan fingerprint density at radius 2 is 1.39 bits per heavy atom. The molecule has 4 aromatic rings. The summed E-state index contributed by atoms with van der Waals surface area (Å²) >= 11 is 6.55. The lowest BCUT2D eigenvalue weighted by atomic mass is 10.0. The van der Waals surface area contributed by atoms with Crippen LogP contribution in [0.5, 0.6) is 0 Å². The van der Waals surface area contributed by atoms with Crippen molar-refractivity contribution in [3.05, 3.63) is 131 Å². The first-order valence-electron chi connectivity index (χ1n) is 14.4. The summed E-state index contributed by atoms with van der Waals surface area (Å²) in [6, 6.07) is 30.6. The normalized spacial score (nSPS) is 12.3. The number of aryl methyl sites for hydroxylation is 1. The Balaban J connectivity index is 1.83. The van der Waals surface area contributed by atoms with E-state index >= 15 is 0 Å². The first kappa shape index (κ1) is 32.8. The lowest BCUT2D eigenvalue weighted by molar-refractivity contribution is -0.140. The van der Waals surface area contributed by atoms with Crippen LogP contribution < -0.4 is 9.62 Å². The fraction of sp³-hybridized carbons (Fsp3) is 0.257. The summed E-state index contributed by atoms with van der Waals surface area (Å²) in [7, 11) is -4.16. The zero-order valence-electron chi connectivity index (χ0n) is 25.4. The van der Waals surface area contributed by atoms with Gasteiger partial charge in [0.25, 0.3) is 10.0 Å². The lowest BCUT2D eigenvalue weighted by Crippen LogP contribution is -2.56. The van der Waals surface area contributed by atoms with Crippen molar-refractivity contribution in [2.75, 3.05) is 10.8 Å². The van der Waals surface area contributed by atoms with Crippen molar-refractivity contribution >= 4 is 39.1 Å². The number of para-hydroxylation sites is 1. The third kappa shape index (κ3) is 8.27. The van der Waals surface area contributed by atoms with Crippen LogP contribution in [0.1, 0.15) is 37.5 Å². The third-order valence-corrected chi connectivity index (χ3v) is 9.20. The molecule has 4 rings (SSSR count). The number of sulfonamides is 1. The molecule has 0 unspecified atom stereocenters. The van der Waals surface area contributed by atoms with E-state index in [9.17, 15) is 18.0 Å². The van der Waals surface area contributed by atoms with E-state index in [0.717, 1.165) is 9.87 Å². The molecule has 0 fully saturated rings. The minimum Gasteiger partial charge on any atom is -0.350 e. The second-order valence-electron chi connectivity index (χ2n) is 11.7. The number of hydrogen-bond donors (Lipinski definition) is 1. The fourth-order valence-corrected chi connectivity index (χ4v) is 6.59. The predicted molar refractivity (Wildman–Crippen MR) is 176 cm³/mol. The monoisotopic (exact) mass is 631 g/mol. The molecular formula is C35H38ClN3O4S. The SMILES string of the molecule is Cc1ccccc1N(CC(=O)N(Cc1ccccc1Cl)[C@H](Cc1ccccc1)C(=O)NC(C)(C)C)S(=O)(=O)c1ccccc1. The van der Waals surface area contributed by atoms with Crippen LogP contribution in [0.3, 0.4) is 0 Å². The molecule has 7 nitrogen and oxygen atoms in total. The van der Waals surface area contributed by atoms with Gasteiger partial charge in [0.1, 0.15) is 12.6 Å². The molecule has 1 N–H and O–H groups in total. The number of carbonyl (C=O) groups is 2. The number of carbonyl (C=O) groups excluding carboxylic acids is 2. The molecule has 0 radical (unpaired) electrons. The first-order chi connectivity index (χ1) is 20.9. The summed E-state index contributed by atoms with van der Waals surface area (Å²) in [5.74, 6) is -0.896. The van der Waals surface area contributed by atoms with Crippen LogP contribution in [0.2, 0.25) is 5.02 Å². The number of nitrogens with one attached hydrogen (secondary N) is 1. The second kappa shape index (κ2) is 14.1. The molecule has 1 atom stereocenters. The van der Waals surface area contributed by atoms with Gasteiger partial charge in [-0.25, -0.2) is 8.42 Å². The average Bonchev–Trinajstić information content (AvgIpc) is 2.99. The molecule has 0 aromatic heterocycles. The second-order valence-corrected chi connectivity index (χ2v) is 13.9. The largest absolute Gasteiger partial charge is 0.350 e. The lowest BCUT2D eigenvalue weighted by Gasteiger charge is -2.35. The number of amides is 2. The highest BCUT2D eigenvalue weighted by atomic mass is 35.5. The Morgan fingerprint density at radius 1 is 0.818 bits per heavy atom. The minimum atomic E-state index is -4.16. The predicted octanol–water partition coefficient (Wildman–Crippen LogP) is 6.40. The third-order valence-electron chi connectivity index (χ3n) is 7.06. The van der Waals surface area contributed by atoms with Crippen molar-refractivity contribution in [2.24, 2.45) is 0 Å². The standard InChI is InChI=1S/C35H38ClN3O4S/c1-26-15-11-14-22-31(26)39(44(42,43)29-19-9-6-10-20-29)25-33(40)38(24-28-18-12-13-21-30(28)36)32(34(41)37-35(2,3)4)23-27-16-7-5-8-17-27/h5-22,32H,23-25H2,1-4H3,(H,37,41)/t32-/m1/s1. The van der Waals surface area contributed by atoms with Crippen LogP contribution in [-0.2, 0) is 32.6 Å². The molecule has 4 aromatic carbocycles. The van der Waals surface area contributed by atoms with Gasteiger partial charge in [-0.15, -0.1) is 0 Å². The van der Waals surface area contributed by atoms with Crippen molar-refractivity contribution in [1.29, 1.82) is 0 Å². The molecular weight excluding hydrogens is 594 g/mol. The Labute approximate surface area is 265 Å². The maximum atomic E-state index is 14.5. The molecule has 0 aliphatic carbocycles. The maximum absolute atomic E-state index is 14.5. The highest BCUT2D eigenvalue weighted by Gasteiger charge is 2.36. The van der Waals surface area contributed by atoms with E-state index in [-0.39, 0.29) is 23.8 Å². The first-order valence-corrected chi connectivity index (χ1v) is 16.2. The van der Waals surface area contributed by atoms with Gasteiger partial charge in [-0.1, -0.05) is 96.5 Å². The molecule has 230 valence electrons. The van der Waals surface area contributed by atoms with E-state index < -0.39 is 34.1 Å². The quantitative estimate of drug-likeness (QED) is 0.208. The molecule has 44 heavy (non-hydrogen) atoms. The van der Waals surface area contributed by atoms with Crippen LogP contribution in [-0.4, -0.2) is 43.3 Å². The van der Waals surface area contributed by atoms with Gasteiger partial charge in [0.2, 0.25) is 11.8 Å². The van der Waals surface area contributed by atoms with Crippen LogP contribution in [0.15, 0.2) is 114 Å². The Bertz CT molecular complexity index is 1690. The molecule has 0 saturated heterocycles. The summed E-state index contributed by atoms with van der Waals surface area (Å²) in [6.45, 7) is 6.89. The molecule has 9 heteroatoms. The topological polar surface area (TPSA) is 86.8 Å². The Kier molecular flexibility index (Phi) is 10.5. The van der Waals surface area contributed by atoms with Crippen molar-refractivity contribution < 1.29 is 18.0 Å². The van der Waals surface area contributed by atoms with Crippen LogP contribution >= 0.6 is 11.6 Å². The highest BCUT2D eigenvalue weighted by Crippen LogP contribution is 2.28. The van der Waals surface area contributed by atoms with Crippen LogP contribution in [0, 0.1) is 6.92 Å². The molecule has 0 bridgehead atoms. The number of nitrogens with zero attached hydrogens (tertiary/aromatic N) is 2. The molecule has 0 aliphatic rings. The highest BCUT2D eigenvalue weighted by molar-refractivity contribution is 7.92. The Hall–Kier alpha value is -4.14. The summed E-state index contributed by atoms with van der Waals surface area (Å²) in [5.41, 5.74) is 1.98. The minimum absolute atomic E-state index is 0.000562. The number of anilines is 1. The Morgan fingerprint density at radius 3 is 2.00 bits per heavy atom. The molecule has 0 aliphatic heterocycles. The van der Waals surface area contributed by atoms with Gasteiger partial charge < -0.3 is 10.2 Å². The number of rotatable bonds is 11. The zero-order chi connectivity index (χ0) is 31.9. The van der Waals surface area contributed by atoms with Crippen LogP contribution in [0.25, 0.3) is 0 Å². The van der Waals surface area contributed by atoms with Gasteiger partial charge >= 0.3 is 0 Å². The van der Waals surface area contributed by atoms with Crippen molar-refractivity contribution in [3.8, 4) is 0 Å². The number of hydrogen-bond acceptors (Lipinski definition) is 4. The molecule has 0 spiro atoms. The van der Waals surface area contributed by atoms with E-state index in [1.807, 2.05) is 63.2 Å². The van der Waals surface area contributed by atoms with Gasteiger partial charge in [0.15, 0.2) is 0 Å². The maximum Gasteiger partial charge on any atom is 0.264 e. The van der Waals surface area contributed by atoms with Gasteiger partial charge in [-0.3, -0.25) is 13.9 Å². The van der Waals surface area contributed by atoms with Crippen molar-refractivity contribution in [2.45, 2.75) is 57.1 Å². The fourth-order valence-electron chi connectivity index (χ4n) is 4.89. The number of benzene rings is 4. The average molecular weight is 632 g/mol. The van der Waals surface area contributed by atoms with E-state index in [0.29, 0.717) is 21.8 Å². The van der Waals surface area contributed by atoms with Crippen molar-refractivity contribution in [3.63, 3.8) is 0 Å². The van der Waals surface area contributed by atoms with Crippen LogP contribution in [0.4, 0.5) is 5.69 Å². The van der Waals surface area contributed by atoms with E-state index in [1.54, 1.807) is 61.5 Å². The summed E-state index contributed by atoms with van der Waals surface area (Å²) in [4.78, 5) is 30.0. The molecule has 2 amide bonds. The van der Waals surface area contributed by atoms with E-state index in [2.05, 4.69) is 5.32 Å². The van der Waals surface area contributed by atoms with E-state index in [4.69, 9.17) is 11.6 Å². The molecule has 0 heterocycles. The van der Waals surface area contributed by atoms with Gasteiger partial charge in [0.05, 0.1) is 10.6 Å². The van der Waals surface area contributed by atoms with Gasteiger partial charge in [-0.2, -0.15) is 0 Å². The summed E-state index contributed by atoms with van der Waals surface area (Å²) < 4.78 is 29.3. The van der Waals surface area contributed by atoms with Gasteiger partial charge in [-0.05, 0) is 68.7 Å². The smallest absolute Gasteiger partial charge is 0.264 e. The molecule has 0 saturated carbocycles.